The lowest BCUT2D eigenvalue weighted by molar-refractivity contribution is -0.125. The van der Waals surface area contributed by atoms with Gasteiger partial charge in [-0.25, -0.2) is 0 Å². The lowest BCUT2D eigenvalue weighted by Gasteiger charge is -2.45. The van der Waals surface area contributed by atoms with Crippen LogP contribution < -0.4 is 5.32 Å². The highest BCUT2D eigenvalue weighted by Gasteiger charge is 2.41. The van der Waals surface area contributed by atoms with E-state index in [9.17, 15) is 14.8 Å². The summed E-state index contributed by atoms with van der Waals surface area (Å²) in [6.45, 7) is 0. The summed E-state index contributed by atoms with van der Waals surface area (Å²) in [5.74, 6) is 1.51. The highest BCUT2D eigenvalue weighted by Crippen LogP contribution is 2.43. The van der Waals surface area contributed by atoms with Crippen LogP contribution in [0.1, 0.15) is 25.7 Å². The number of hydrogen-bond donors (Lipinski definition) is 3. The van der Waals surface area contributed by atoms with Crippen LogP contribution in [0.4, 0.5) is 0 Å². The van der Waals surface area contributed by atoms with E-state index < -0.39 is 7.12 Å². The highest BCUT2D eigenvalue weighted by molar-refractivity contribution is 6.51. The van der Waals surface area contributed by atoms with E-state index in [0.29, 0.717) is 35.7 Å². The Labute approximate surface area is 107 Å². The molecule has 4 nitrogen and oxygen atoms in total. The Balaban J connectivity index is 1.78. The lowest BCUT2D eigenvalue weighted by atomic mass is 9.62. The molecule has 0 bridgehead atoms. The molecule has 1 amide bonds. The maximum atomic E-state index is 11.4. The van der Waals surface area contributed by atoms with Gasteiger partial charge in [0.2, 0.25) is 5.91 Å². The van der Waals surface area contributed by atoms with Crippen molar-refractivity contribution in [1.29, 1.82) is 0 Å². The van der Waals surface area contributed by atoms with Gasteiger partial charge in [-0.2, -0.15) is 0 Å². The molecule has 4 atom stereocenters. The largest absolute Gasteiger partial charge is 0.488 e. The number of allylic oxidation sites excluding steroid dienone is 4. The van der Waals surface area contributed by atoms with Crippen LogP contribution in [0.15, 0.2) is 23.7 Å². The normalized spacial score (nSPS) is 38.3. The van der Waals surface area contributed by atoms with Crippen LogP contribution in [0.25, 0.3) is 0 Å². The van der Waals surface area contributed by atoms with Crippen molar-refractivity contribution in [3.8, 4) is 0 Å². The zero-order valence-corrected chi connectivity index (χ0v) is 10.2. The molecule has 0 aromatic carbocycles. The monoisotopic (exact) mass is 247 g/mol. The van der Waals surface area contributed by atoms with Crippen molar-refractivity contribution in [2.24, 2.45) is 17.8 Å². The number of rotatable bonds is 1. The highest BCUT2D eigenvalue weighted by atomic mass is 16.4. The maximum Gasteiger partial charge on any atom is 0.488 e. The van der Waals surface area contributed by atoms with Gasteiger partial charge in [-0.1, -0.05) is 18.2 Å². The van der Waals surface area contributed by atoms with Crippen molar-refractivity contribution >= 4 is 13.0 Å². The first-order valence-electron chi connectivity index (χ1n) is 6.70. The molecule has 3 rings (SSSR count). The van der Waals surface area contributed by atoms with E-state index in [0.717, 1.165) is 19.3 Å². The van der Waals surface area contributed by atoms with E-state index in [1.807, 2.05) is 12.2 Å². The molecule has 0 radical (unpaired) electrons. The molecule has 18 heavy (non-hydrogen) atoms. The van der Waals surface area contributed by atoms with E-state index in [-0.39, 0.29) is 5.91 Å². The first kappa shape index (κ1) is 12.0. The molecule has 2 aliphatic carbocycles. The summed E-state index contributed by atoms with van der Waals surface area (Å²) in [4.78, 5) is 11.4. The van der Waals surface area contributed by atoms with Crippen LogP contribution in [0.3, 0.4) is 0 Å². The Morgan fingerprint density at radius 1 is 1.28 bits per heavy atom. The molecular weight excluding hydrogens is 229 g/mol. The van der Waals surface area contributed by atoms with E-state index in [2.05, 4.69) is 11.4 Å². The van der Waals surface area contributed by atoms with Gasteiger partial charge in [0.05, 0.1) is 0 Å². The number of carbonyl (C=O) groups excluding carboxylic acids is 1. The number of amides is 1. The summed E-state index contributed by atoms with van der Waals surface area (Å²) in [5.41, 5.74) is 0.606. The fourth-order valence-electron chi connectivity index (χ4n) is 3.69. The van der Waals surface area contributed by atoms with E-state index in [4.69, 9.17) is 0 Å². The number of hydrogen-bond acceptors (Lipinski definition) is 3. The van der Waals surface area contributed by atoms with Crippen molar-refractivity contribution < 1.29 is 14.8 Å². The van der Waals surface area contributed by atoms with Gasteiger partial charge in [0.1, 0.15) is 0 Å². The van der Waals surface area contributed by atoms with Crippen LogP contribution in [-0.4, -0.2) is 29.1 Å². The van der Waals surface area contributed by atoms with Crippen LogP contribution in [0.5, 0.6) is 0 Å². The second kappa shape index (κ2) is 4.55. The molecule has 96 valence electrons. The lowest BCUT2D eigenvalue weighted by Crippen LogP contribution is -2.51. The van der Waals surface area contributed by atoms with Gasteiger partial charge in [0.25, 0.3) is 0 Å². The molecule has 1 heterocycles. The zero-order chi connectivity index (χ0) is 12.7. The van der Waals surface area contributed by atoms with Crippen LogP contribution in [0.2, 0.25) is 0 Å². The molecule has 3 aliphatic rings. The van der Waals surface area contributed by atoms with Crippen molar-refractivity contribution in [2.75, 3.05) is 0 Å². The standard InChI is InChI=1S/C13H18BNO3/c16-13-6-4-11-10-3-2-9(14(17)18)7-8(10)1-5-12(11)15-13/h2-3,7-8,10-12,17-18H,1,4-6H2,(H,15,16). The average Bonchev–Trinajstić information content (AvgIpc) is 2.37. The predicted octanol–water partition coefficient (Wildman–Crippen LogP) is 0.416. The third-order valence-electron chi connectivity index (χ3n) is 4.58. The quantitative estimate of drug-likeness (QED) is 0.588. The van der Waals surface area contributed by atoms with Crippen molar-refractivity contribution in [3.63, 3.8) is 0 Å². The predicted molar refractivity (Wildman–Crippen MR) is 68.3 cm³/mol. The molecule has 5 heteroatoms. The van der Waals surface area contributed by atoms with Crippen LogP contribution >= 0.6 is 0 Å². The van der Waals surface area contributed by atoms with E-state index >= 15 is 0 Å². The summed E-state index contributed by atoms with van der Waals surface area (Å²) in [5, 5.41) is 21.5. The molecule has 0 aromatic heterocycles. The summed E-state index contributed by atoms with van der Waals surface area (Å²) < 4.78 is 0. The van der Waals surface area contributed by atoms with Gasteiger partial charge in [0, 0.05) is 12.5 Å². The van der Waals surface area contributed by atoms with Crippen molar-refractivity contribution in [2.45, 2.75) is 31.7 Å². The summed E-state index contributed by atoms with van der Waals surface area (Å²) in [7, 11) is -1.37. The molecule has 1 aliphatic heterocycles. The molecule has 1 saturated carbocycles. The van der Waals surface area contributed by atoms with Crippen molar-refractivity contribution in [1.82, 2.24) is 5.32 Å². The Morgan fingerprint density at radius 2 is 2.11 bits per heavy atom. The molecule has 3 N–H and O–H groups in total. The second-order valence-electron chi connectivity index (χ2n) is 5.59. The Morgan fingerprint density at radius 3 is 2.89 bits per heavy atom. The van der Waals surface area contributed by atoms with Gasteiger partial charge < -0.3 is 15.4 Å². The van der Waals surface area contributed by atoms with Gasteiger partial charge in [-0.05, 0) is 42.5 Å². The first-order valence-corrected chi connectivity index (χ1v) is 6.70. The zero-order valence-electron chi connectivity index (χ0n) is 10.2. The first-order chi connectivity index (χ1) is 8.65. The molecular formula is C13H18BNO3. The van der Waals surface area contributed by atoms with E-state index in [1.54, 1.807) is 0 Å². The Bertz CT molecular complexity index is 418. The van der Waals surface area contributed by atoms with Crippen LogP contribution in [0, 0.1) is 17.8 Å². The fraction of sp³-hybridized carbons (Fsp3) is 0.615. The summed E-state index contributed by atoms with van der Waals surface area (Å²) in [6.07, 6.45) is 9.51. The smallest absolute Gasteiger partial charge is 0.423 e. The minimum absolute atomic E-state index is 0.177. The third kappa shape index (κ3) is 2.02. The number of nitrogens with one attached hydrogen (secondary N) is 1. The molecule has 0 spiro atoms. The number of fused-ring (bicyclic) bond motifs is 3. The third-order valence-corrected chi connectivity index (χ3v) is 4.58. The SMILES string of the molecule is O=C1CCC2C(CCC3C=C(B(O)O)C=CC32)N1. The number of piperidine rings is 1. The second-order valence-corrected chi connectivity index (χ2v) is 5.59. The van der Waals surface area contributed by atoms with E-state index in [1.165, 1.54) is 0 Å². The van der Waals surface area contributed by atoms with Gasteiger partial charge in [0.15, 0.2) is 0 Å². The number of carbonyl (C=O) groups is 1. The van der Waals surface area contributed by atoms with Crippen LogP contribution in [-0.2, 0) is 4.79 Å². The van der Waals surface area contributed by atoms with Gasteiger partial charge >= 0.3 is 7.12 Å². The Kier molecular flexibility index (Phi) is 3.03. The fourth-order valence-corrected chi connectivity index (χ4v) is 3.69. The van der Waals surface area contributed by atoms with Gasteiger partial charge in [-0.3, -0.25) is 4.79 Å². The van der Waals surface area contributed by atoms with Crippen molar-refractivity contribution in [3.05, 3.63) is 23.7 Å². The Hall–Kier alpha value is -1.07. The maximum absolute atomic E-state index is 11.4. The molecule has 0 aromatic rings. The van der Waals surface area contributed by atoms with Gasteiger partial charge in [-0.15, -0.1) is 0 Å². The minimum atomic E-state index is -1.37. The minimum Gasteiger partial charge on any atom is -0.423 e. The molecule has 1 saturated heterocycles. The molecule has 4 unspecified atom stereocenters. The molecule has 2 fully saturated rings. The topological polar surface area (TPSA) is 69.6 Å². The summed E-state index contributed by atoms with van der Waals surface area (Å²) >= 11 is 0. The summed E-state index contributed by atoms with van der Waals surface area (Å²) in [6, 6.07) is 0.311. The average molecular weight is 247 g/mol.